The summed E-state index contributed by atoms with van der Waals surface area (Å²) in [5.41, 5.74) is 1.63. The molecule has 6 heteroatoms. The lowest BCUT2D eigenvalue weighted by Gasteiger charge is -2.08. The van der Waals surface area contributed by atoms with Gasteiger partial charge in [-0.3, -0.25) is 9.78 Å². The van der Waals surface area contributed by atoms with Crippen LogP contribution in [-0.2, 0) is 16.0 Å². The summed E-state index contributed by atoms with van der Waals surface area (Å²) in [5.74, 6) is 1.06. The third kappa shape index (κ3) is 2.92. The lowest BCUT2D eigenvalue weighted by Crippen LogP contribution is -2.11. The SMILES string of the molecule is COC(=O)Cc1nc(C(C)C)nn1-c1cccc2cccnc12. The number of esters is 1. The van der Waals surface area contributed by atoms with Gasteiger partial charge in [-0.25, -0.2) is 9.67 Å². The predicted octanol–water partition coefficient (Wildman–Crippen LogP) is 2.65. The van der Waals surface area contributed by atoms with Gasteiger partial charge in [-0.1, -0.05) is 32.0 Å². The number of fused-ring (bicyclic) bond motifs is 1. The van der Waals surface area contributed by atoms with Gasteiger partial charge in [-0.2, -0.15) is 5.10 Å². The molecule has 3 rings (SSSR count). The Morgan fingerprint density at radius 2 is 2.04 bits per heavy atom. The van der Waals surface area contributed by atoms with Crippen molar-refractivity contribution in [3.05, 3.63) is 48.2 Å². The largest absolute Gasteiger partial charge is 0.469 e. The van der Waals surface area contributed by atoms with Gasteiger partial charge in [0.2, 0.25) is 0 Å². The van der Waals surface area contributed by atoms with Crippen LogP contribution < -0.4 is 0 Å². The van der Waals surface area contributed by atoms with Crippen LogP contribution in [0.1, 0.15) is 31.4 Å². The zero-order chi connectivity index (χ0) is 16.4. The molecule has 0 saturated carbocycles. The molecule has 0 spiro atoms. The zero-order valence-electron chi connectivity index (χ0n) is 13.4. The van der Waals surface area contributed by atoms with Gasteiger partial charge in [0.25, 0.3) is 0 Å². The Kier molecular flexibility index (Phi) is 4.06. The number of carbonyl (C=O) groups excluding carboxylic acids is 1. The Morgan fingerprint density at radius 1 is 1.26 bits per heavy atom. The summed E-state index contributed by atoms with van der Waals surface area (Å²) in [6.07, 6.45) is 1.81. The van der Waals surface area contributed by atoms with Crippen molar-refractivity contribution < 1.29 is 9.53 Å². The highest BCUT2D eigenvalue weighted by Gasteiger charge is 2.18. The van der Waals surface area contributed by atoms with E-state index < -0.39 is 0 Å². The van der Waals surface area contributed by atoms with Crippen LogP contribution in [0.2, 0.25) is 0 Å². The zero-order valence-corrected chi connectivity index (χ0v) is 13.4. The van der Waals surface area contributed by atoms with Gasteiger partial charge in [-0.05, 0) is 12.1 Å². The molecule has 0 fully saturated rings. The van der Waals surface area contributed by atoms with Crippen molar-refractivity contribution in [2.24, 2.45) is 0 Å². The summed E-state index contributed by atoms with van der Waals surface area (Å²) in [7, 11) is 1.37. The summed E-state index contributed by atoms with van der Waals surface area (Å²) in [6.45, 7) is 4.03. The lowest BCUT2D eigenvalue weighted by atomic mass is 10.2. The number of nitrogens with zero attached hydrogens (tertiary/aromatic N) is 4. The van der Waals surface area contributed by atoms with E-state index in [0.29, 0.717) is 11.6 Å². The molecule has 1 aromatic carbocycles. The first kappa shape index (κ1) is 15.1. The molecule has 0 aliphatic rings. The highest BCUT2D eigenvalue weighted by atomic mass is 16.5. The Balaban J connectivity index is 2.18. The van der Waals surface area contributed by atoms with E-state index in [0.717, 1.165) is 16.6 Å². The Labute approximate surface area is 134 Å². The van der Waals surface area contributed by atoms with Crippen LogP contribution in [0.5, 0.6) is 0 Å². The number of ether oxygens (including phenoxy) is 1. The minimum absolute atomic E-state index is 0.0689. The second-order valence-electron chi connectivity index (χ2n) is 5.56. The fraction of sp³-hybridized carbons (Fsp3) is 0.294. The number of para-hydroxylation sites is 1. The van der Waals surface area contributed by atoms with Crippen molar-refractivity contribution >= 4 is 16.9 Å². The molecule has 0 N–H and O–H groups in total. The first-order valence-corrected chi connectivity index (χ1v) is 7.47. The second-order valence-corrected chi connectivity index (χ2v) is 5.56. The number of pyridine rings is 1. The molecule has 0 aliphatic carbocycles. The molecule has 0 bridgehead atoms. The van der Waals surface area contributed by atoms with Crippen molar-refractivity contribution in [3.63, 3.8) is 0 Å². The molecule has 3 aromatic rings. The van der Waals surface area contributed by atoms with Crippen molar-refractivity contribution in [3.8, 4) is 5.69 Å². The predicted molar refractivity (Wildman–Crippen MR) is 86.5 cm³/mol. The first-order chi connectivity index (χ1) is 11.1. The maximum absolute atomic E-state index is 11.7. The van der Waals surface area contributed by atoms with Gasteiger partial charge >= 0.3 is 5.97 Å². The standard InChI is InChI=1S/C17H18N4O2/c1-11(2)17-19-14(10-15(22)23-3)21(20-17)13-8-4-6-12-7-5-9-18-16(12)13/h4-9,11H,10H2,1-3H3. The molecule has 0 saturated heterocycles. The van der Waals surface area contributed by atoms with Gasteiger partial charge in [-0.15, -0.1) is 0 Å². The van der Waals surface area contributed by atoms with Crippen molar-refractivity contribution in [2.75, 3.05) is 7.11 Å². The summed E-state index contributed by atoms with van der Waals surface area (Å²) in [4.78, 5) is 20.6. The van der Waals surface area contributed by atoms with Crippen LogP contribution in [0.3, 0.4) is 0 Å². The summed E-state index contributed by atoms with van der Waals surface area (Å²) in [6, 6.07) is 9.74. The van der Waals surface area contributed by atoms with E-state index in [4.69, 9.17) is 4.74 Å². The number of carbonyl (C=O) groups is 1. The van der Waals surface area contributed by atoms with Crippen LogP contribution in [0.25, 0.3) is 16.6 Å². The molecule has 2 heterocycles. The highest BCUT2D eigenvalue weighted by molar-refractivity contribution is 5.86. The summed E-state index contributed by atoms with van der Waals surface area (Å²) < 4.78 is 6.46. The minimum Gasteiger partial charge on any atom is -0.469 e. The topological polar surface area (TPSA) is 69.9 Å². The smallest absolute Gasteiger partial charge is 0.313 e. The van der Waals surface area contributed by atoms with Gasteiger partial charge in [0.1, 0.15) is 12.2 Å². The molecular weight excluding hydrogens is 292 g/mol. The van der Waals surface area contributed by atoms with Crippen LogP contribution in [0.15, 0.2) is 36.5 Å². The molecule has 0 amide bonds. The molecule has 0 aliphatic heterocycles. The van der Waals surface area contributed by atoms with Gasteiger partial charge in [0, 0.05) is 17.5 Å². The molecule has 2 aromatic heterocycles. The maximum atomic E-state index is 11.7. The van der Waals surface area contributed by atoms with Crippen molar-refractivity contribution in [1.82, 2.24) is 19.7 Å². The van der Waals surface area contributed by atoms with Crippen LogP contribution in [0.4, 0.5) is 0 Å². The van der Waals surface area contributed by atoms with Gasteiger partial charge in [0.15, 0.2) is 5.82 Å². The van der Waals surface area contributed by atoms with Crippen LogP contribution in [-0.4, -0.2) is 32.8 Å². The average molecular weight is 310 g/mol. The molecule has 0 unspecified atom stereocenters. The van der Waals surface area contributed by atoms with Crippen LogP contribution in [0, 0.1) is 0 Å². The van der Waals surface area contributed by atoms with Gasteiger partial charge in [0.05, 0.1) is 18.3 Å². The van der Waals surface area contributed by atoms with E-state index >= 15 is 0 Å². The molecule has 118 valence electrons. The van der Waals surface area contributed by atoms with Crippen molar-refractivity contribution in [1.29, 1.82) is 0 Å². The summed E-state index contributed by atoms with van der Waals surface area (Å²) in [5, 5.41) is 5.59. The fourth-order valence-electron chi connectivity index (χ4n) is 2.37. The monoisotopic (exact) mass is 310 g/mol. The molecule has 0 atom stereocenters. The third-order valence-corrected chi connectivity index (χ3v) is 3.58. The van der Waals surface area contributed by atoms with E-state index in [2.05, 4.69) is 15.1 Å². The Hall–Kier alpha value is -2.76. The second kappa shape index (κ2) is 6.16. The lowest BCUT2D eigenvalue weighted by molar-refractivity contribution is -0.139. The number of methoxy groups -OCH3 is 1. The quantitative estimate of drug-likeness (QED) is 0.693. The average Bonchev–Trinajstić information content (AvgIpc) is 2.98. The number of hydrogen-bond donors (Lipinski definition) is 0. The number of hydrogen-bond acceptors (Lipinski definition) is 5. The molecule has 23 heavy (non-hydrogen) atoms. The Bertz CT molecular complexity index is 849. The van der Waals surface area contributed by atoms with E-state index in [-0.39, 0.29) is 18.3 Å². The summed E-state index contributed by atoms with van der Waals surface area (Å²) >= 11 is 0. The maximum Gasteiger partial charge on any atom is 0.313 e. The van der Waals surface area contributed by atoms with Crippen LogP contribution >= 0.6 is 0 Å². The number of rotatable bonds is 4. The first-order valence-electron chi connectivity index (χ1n) is 7.47. The van der Waals surface area contributed by atoms with E-state index in [1.165, 1.54) is 7.11 Å². The van der Waals surface area contributed by atoms with E-state index in [1.807, 2.05) is 44.2 Å². The Morgan fingerprint density at radius 3 is 2.78 bits per heavy atom. The normalized spacial score (nSPS) is 11.1. The molecule has 6 nitrogen and oxygen atoms in total. The van der Waals surface area contributed by atoms with Gasteiger partial charge < -0.3 is 4.74 Å². The molecule has 0 radical (unpaired) electrons. The minimum atomic E-state index is -0.345. The third-order valence-electron chi connectivity index (χ3n) is 3.58. The highest BCUT2D eigenvalue weighted by Crippen LogP contribution is 2.22. The van der Waals surface area contributed by atoms with Crippen molar-refractivity contribution in [2.45, 2.75) is 26.2 Å². The fourth-order valence-corrected chi connectivity index (χ4v) is 2.37. The number of benzene rings is 1. The van der Waals surface area contributed by atoms with E-state index in [1.54, 1.807) is 10.9 Å². The van der Waals surface area contributed by atoms with E-state index in [9.17, 15) is 4.79 Å². The molecular formula is C17H18N4O2. The number of aromatic nitrogens is 4.